The van der Waals surface area contributed by atoms with Crippen molar-refractivity contribution in [2.45, 2.75) is 12.5 Å². The van der Waals surface area contributed by atoms with Gasteiger partial charge < -0.3 is 9.64 Å². The molecule has 0 radical (unpaired) electrons. The number of hydrogen-bond donors (Lipinski definition) is 1. The lowest BCUT2D eigenvalue weighted by molar-refractivity contribution is 0.0461. The molecule has 0 saturated carbocycles. The molecule has 1 aliphatic rings. The second-order valence-corrected chi connectivity index (χ2v) is 6.25. The van der Waals surface area contributed by atoms with Gasteiger partial charge in [-0.3, -0.25) is 9.89 Å². The van der Waals surface area contributed by atoms with Crippen LogP contribution in [0.1, 0.15) is 28.4 Å². The lowest BCUT2D eigenvalue weighted by Gasteiger charge is -2.41. The number of benzene rings is 2. The number of likely N-dealkylation sites (tertiary alicyclic amines) is 1. The number of amides is 1. The van der Waals surface area contributed by atoms with Gasteiger partial charge in [-0.15, -0.1) is 0 Å². The smallest absolute Gasteiger partial charge is 0.258 e. The second-order valence-electron chi connectivity index (χ2n) is 6.25. The largest absolute Gasteiger partial charge is 0.497 e. The number of hydrogen-bond acceptors (Lipinski definition) is 3. The molecule has 2 aromatic carbocycles. The van der Waals surface area contributed by atoms with Crippen LogP contribution in [-0.4, -0.2) is 34.7 Å². The summed E-state index contributed by atoms with van der Waals surface area (Å²) in [4.78, 5) is 14.9. The molecule has 5 nitrogen and oxygen atoms in total. The molecule has 6 heteroatoms. The number of rotatable bonds is 4. The summed E-state index contributed by atoms with van der Waals surface area (Å²) in [5.41, 5.74) is 2.62. The quantitative estimate of drug-likeness (QED) is 0.778. The van der Waals surface area contributed by atoms with Gasteiger partial charge in [-0.1, -0.05) is 24.3 Å². The van der Waals surface area contributed by atoms with Gasteiger partial charge in [0.1, 0.15) is 11.6 Å². The van der Waals surface area contributed by atoms with Crippen molar-refractivity contribution in [3.8, 4) is 17.0 Å². The van der Waals surface area contributed by atoms with E-state index in [1.54, 1.807) is 19.2 Å². The molecule has 3 aromatic rings. The highest BCUT2D eigenvalue weighted by Gasteiger charge is 2.35. The van der Waals surface area contributed by atoms with E-state index in [1.165, 1.54) is 18.3 Å². The van der Waals surface area contributed by atoms with E-state index in [1.807, 2.05) is 29.2 Å². The van der Waals surface area contributed by atoms with E-state index in [2.05, 4.69) is 10.2 Å². The first-order chi connectivity index (χ1) is 12.7. The summed E-state index contributed by atoms with van der Waals surface area (Å²) in [6.07, 6.45) is 2.40. The van der Waals surface area contributed by atoms with Crippen LogP contribution in [0, 0.1) is 5.82 Å². The van der Waals surface area contributed by atoms with E-state index < -0.39 is 0 Å². The fraction of sp³-hybridized carbons (Fsp3) is 0.200. The van der Waals surface area contributed by atoms with E-state index in [9.17, 15) is 9.18 Å². The summed E-state index contributed by atoms with van der Waals surface area (Å²) in [6, 6.07) is 13.9. The number of carbonyl (C=O) groups excluding carboxylic acids is 1. The van der Waals surface area contributed by atoms with Crippen molar-refractivity contribution >= 4 is 5.91 Å². The minimum Gasteiger partial charge on any atom is -0.497 e. The fourth-order valence-electron chi connectivity index (χ4n) is 3.29. The monoisotopic (exact) mass is 351 g/mol. The first kappa shape index (κ1) is 16.3. The van der Waals surface area contributed by atoms with Crippen LogP contribution in [0.25, 0.3) is 11.3 Å². The summed E-state index contributed by atoms with van der Waals surface area (Å²) in [7, 11) is 1.62. The molecule has 1 amide bonds. The number of nitrogens with zero attached hydrogens (tertiary/aromatic N) is 2. The van der Waals surface area contributed by atoms with Gasteiger partial charge in [-0.05, 0) is 36.2 Å². The Labute approximate surface area is 150 Å². The molecule has 1 aromatic heterocycles. The van der Waals surface area contributed by atoms with Crippen molar-refractivity contribution in [2.75, 3.05) is 13.7 Å². The molecule has 132 valence electrons. The van der Waals surface area contributed by atoms with E-state index in [0.717, 1.165) is 17.7 Å². The maximum absolute atomic E-state index is 13.5. The number of nitrogens with one attached hydrogen (secondary N) is 1. The Morgan fingerprint density at radius 2 is 2.12 bits per heavy atom. The molecule has 0 spiro atoms. The summed E-state index contributed by atoms with van der Waals surface area (Å²) in [5, 5.41) is 6.82. The van der Waals surface area contributed by atoms with Crippen LogP contribution in [0.4, 0.5) is 4.39 Å². The minimum atomic E-state index is -0.353. The van der Waals surface area contributed by atoms with Gasteiger partial charge >= 0.3 is 0 Å². The number of aromatic nitrogens is 2. The molecular formula is C20H18FN3O2. The zero-order chi connectivity index (χ0) is 18.1. The topological polar surface area (TPSA) is 58.2 Å². The van der Waals surface area contributed by atoms with Gasteiger partial charge in [0, 0.05) is 12.1 Å². The predicted molar refractivity (Wildman–Crippen MR) is 95.4 cm³/mol. The Balaban J connectivity index is 1.62. The first-order valence-electron chi connectivity index (χ1n) is 8.41. The molecular weight excluding hydrogens is 333 g/mol. The first-order valence-corrected chi connectivity index (χ1v) is 8.41. The fourth-order valence-corrected chi connectivity index (χ4v) is 3.29. The normalized spacial score (nSPS) is 16.2. The van der Waals surface area contributed by atoms with E-state index >= 15 is 0 Å². The Morgan fingerprint density at radius 1 is 1.27 bits per heavy atom. The van der Waals surface area contributed by atoms with Gasteiger partial charge in [-0.2, -0.15) is 5.10 Å². The van der Waals surface area contributed by atoms with E-state index in [4.69, 9.17) is 4.74 Å². The highest BCUT2D eigenvalue weighted by atomic mass is 19.1. The maximum atomic E-state index is 13.5. The van der Waals surface area contributed by atoms with Crippen LogP contribution in [0.2, 0.25) is 0 Å². The number of halogens is 1. The SMILES string of the molecule is COc1cccc([C@@H]2CCN2C(=O)c2cn[nH]c2-c2cccc(F)c2)c1. The Morgan fingerprint density at radius 3 is 2.85 bits per heavy atom. The van der Waals surface area contributed by atoms with Crippen molar-refractivity contribution in [3.63, 3.8) is 0 Å². The third kappa shape index (κ3) is 2.83. The van der Waals surface area contributed by atoms with Crippen molar-refractivity contribution in [1.29, 1.82) is 0 Å². The highest BCUT2D eigenvalue weighted by Crippen LogP contribution is 2.37. The van der Waals surface area contributed by atoms with E-state index in [-0.39, 0.29) is 17.8 Å². The molecule has 1 N–H and O–H groups in total. The molecule has 4 rings (SSSR count). The lowest BCUT2D eigenvalue weighted by atomic mass is 9.93. The Hall–Kier alpha value is -3.15. The summed E-state index contributed by atoms with van der Waals surface area (Å²) in [5.74, 6) is 0.302. The van der Waals surface area contributed by atoms with Crippen molar-refractivity contribution < 1.29 is 13.9 Å². The van der Waals surface area contributed by atoms with E-state index in [0.29, 0.717) is 23.4 Å². The zero-order valence-corrected chi connectivity index (χ0v) is 14.3. The number of methoxy groups -OCH3 is 1. The Bertz CT molecular complexity index is 953. The van der Waals surface area contributed by atoms with Gasteiger partial charge in [0.05, 0.1) is 30.6 Å². The molecule has 0 unspecified atom stereocenters. The van der Waals surface area contributed by atoms with Crippen molar-refractivity contribution in [2.24, 2.45) is 0 Å². The molecule has 26 heavy (non-hydrogen) atoms. The molecule has 1 aliphatic heterocycles. The van der Waals surface area contributed by atoms with Crippen LogP contribution in [0.5, 0.6) is 5.75 Å². The summed E-state index contributed by atoms with van der Waals surface area (Å²) in [6.45, 7) is 0.675. The van der Waals surface area contributed by atoms with Gasteiger partial charge in [0.25, 0.3) is 5.91 Å². The summed E-state index contributed by atoms with van der Waals surface area (Å²) >= 11 is 0. The third-order valence-corrected chi connectivity index (χ3v) is 4.74. The highest BCUT2D eigenvalue weighted by molar-refractivity contribution is 6.00. The lowest BCUT2D eigenvalue weighted by Crippen LogP contribution is -2.45. The maximum Gasteiger partial charge on any atom is 0.258 e. The minimum absolute atomic E-state index is 0.00728. The number of ether oxygens (including phenoxy) is 1. The average Bonchev–Trinajstić information content (AvgIpc) is 3.11. The molecule has 1 saturated heterocycles. The van der Waals surface area contributed by atoms with Crippen LogP contribution in [0.15, 0.2) is 54.7 Å². The van der Waals surface area contributed by atoms with Crippen LogP contribution in [-0.2, 0) is 0 Å². The molecule has 1 atom stereocenters. The van der Waals surface area contributed by atoms with Crippen LogP contribution >= 0.6 is 0 Å². The average molecular weight is 351 g/mol. The van der Waals surface area contributed by atoms with Gasteiger partial charge in [-0.25, -0.2) is 4.39 Å². The summed E-state index contributed by atoms with van der Waals surface area (Å²) < 4.78 is 18.8. The number of aromatic amines is 1. The van der Waals surface area contributed by atoms with Crippen molar-refractivity contribution in [1.82, 2.24) is 15.1 Å². The van der Waals surface area contributed by atoms with Crippen molar-refractivity contribution in [3.05, 3.63) is 71.7 Å². The molecule has 0 bridgehead atoms. The Kier molecular flexibility index (Phi) is 4.16. The number of H-pyrrole nitrogens is 1. The predicted octanol–water partition coefficient (Wildman–Crippen LogP) is 3.81. The zero-order valence-electron chi connectivity index (χ0n) is 14.3. The van der Waals surface area contributed by atoms with Gasteiger partial charge in [0.2, 0.25) is 0 Å². The number of carbonyl (C=O) groups is 1. The second kappa shape index (κ2) is 6.63. The van der Waals surface area contributed by atoms with Gasteiger partial charge in [0.15, 0.2) is 0 Å². The standard InChI is InChI=1S/C20H18FN3O2/c1-26-16-7-3-4-13(11-16)18-8-9-24(18)20(25)17-12-22-23-19(17)14-5-2-6-15(21)10-14/h2-7,10-12,18H,8-9H2,1H3,(H,22,23)/t18-/m0/s1. The van der Waals surface area contributed by atoms with Crippen LogP contribution in [0.3, 0.4) is 0 Å². The molecule has 1 fully saturated rings. The molecule has 0 aliphatic carbocycles. The third-order valence-electron chi connectivity index (χ3n) is 4.74. The molecule has 2 heterocycles. The van der Waals surface area contributed by atoms with Crippen LogP contribution < -0.4 is 4.74 Å².